The Morgan fingerprint density at radius 2 is 1.42 bits per heavy atom. The third kappa shape index (κ3) is 3.60. The summed E-state index contributed by atoms with van der Waals surface area (Å²) >= 11 is 0. The third-order valence-electron chi connectivity index (χ3n) is 6.07. The Labute approximate surface area is 156 Å². The van der Waals surface area contributed by atoms with Gasteiger partial charge in [-0.25, -0.2) is 0 Å². The number of carbonyl (C=O) groups is 1. The molecule has 0 aromatic heterocycles. The lowest BCUT2D eigenvalue weighted by atomic mass is 9.97. The van der Waals surface area contributed by atoms with E-state index in [0.717, 1.165) is 16.3 Å². The molecule has 26 heavy (non-hydrogen) atoms. The van der Waals surface area contributed by atoms with Gasteiger partial charge >= 0.3 is 0 Å². The minimum atomic E-state index is -0.234. The van der Waals surface area contributed by atoms with Crippen LogP contribution in [0, 0.1) is 10.8 Å². The maximum absolute atomic E-state index is 10.5. The lowest BCUT2D eigenvalue weighted by molar-refractivity contribution is -0.133. The maximum atomic E-state index is 10.5. The second kappa shape index (κ2) is 6.75. The molecule has 3 aromatic carbocycles. The first-order chi connectivity index (χ1) is 12.2. The van der Waals surface area contributed by atoms with Gasteiger partial charge in [0.1, 0.15) is 6.10 Å². The Balaban J connectivity index is 0.000000236. The molecule has 1 saturated carbocycles. The number of hydrogen-bond acceptors (Lipinski definition) is 2. The van der Waals surface area contributed by atoms with Crippen molar-refractivity contribution >= 4 is 28.0 Å². The fraction of sp³-hybridized carbons (Fsp3) is 0.375. The molecule has 4 rings (SSSR count). The summed E-state index contributed by atoms with van der Waals surface area (Å²) in [5.41, 5.74) is 2.33. The van der Waals surface area contributed by atoms with Gasteiger partial charge in [-0.1, -0.05) is 70.2 Å². The van der Waals surface area contributed by atoms with Crippen molar-refractivity contribution in [1.82, 2.24) is 0 Å². The molecule has 3 aromatic rings. The van der Waals surface area contributed by atoms with Gasteiger partial charge in [-0.15, -0.1) is 0 Å². The van der Waals surface area contributed by atoms with Crippen LogP contribution in [0.15, 0.2) is 54.6 Å². The molecule has 0 aliphatic heterocycles. The van der Waals surface area contributed by atoms with Crippen molar-refractivity contribution in [2.45, 2.75) is 47.1 Å². The molecule has 0 N–H and O–H groups in total. The summed E-state index contributed by atoms with van der Waals surface area (Å²) in [7, 11) is 0. The number of hydrogen-bond donors (Lipinski definition) is 0. The van der Waals surface area contributed by atoms with Crippen LogP contribution in [0.25, 0.3) is 21.5 Å². The van der Waals surface area contributed by atoms with Crippen molar-refractivity contribution in [3.05, 3.63) is 60.2 Å². The molecule has 0 radical (unpaired) electrons. The predicted molar refractivity (Wildman–Crippen MR) is 109 cm³/mol. The van der Waals surface area contributed by atoms with E-state index in [1.54, 1.807) is 0 Å². The van der Waals surface area contributed by atoms with Crippen molar-refractivity contribution in [3.8, 4) is 0 Å². The van der Waals surface area contributed by atoms with Gasteiger partial charge in [0.25, 0.3) is 6.47 Å². The van der Waals surface area contributed by atoms with Crippen LogP contribution in [0.5, 0.6) is 0 Å². The van der Waals surface area contributed by atoms with Crippen LogP contribution in [0.2, 0.25) is 0 Å². The predicted octanol–water partition coefficient (Wildman–Crippen LogP) is 6.67. The molecule has 0 spiro atoms. The standard InChI is InChI=1S/C17H14O2.C7H14/c1-12(19-11-18)16-8-4-7-15-9-13-5-2-3-6-14(13)10-17(15)16;1-6(2)5-7(6,3)4/h2-12H,1H3;5H2,1-4H3. The molecule has 1 fully saturated rings. The third-order valence-corrected chi connectivity index (χ3v) is 6.07. The van der Waals surface area contributed by atoms with E-state index >= 15 is 0 Å². The van der Waals surface area contributed by atoms with Crippen LogP contribution in [0.3, 0.4) is 0 Å². The zero-order valence-electron chi connectivity index (χ0n) is 16.4. The minimum Gasteiger partial charge on any atom is -0.460 e. The summed E-state index contributed by atoms with van der Waals surface area (Å²) in [4.78, 5) is 10.5. The second-order valence-corrected chi connectivity index (χ2v) is 8.59. The minimum absolute atomic E-state index is 0.234. The normalized spacial score (nSPS) is 17.9. The average molecular weight is 348 g/mol. The Morgan fingerprint density at radius 3 is 1.96 bits per heavy atom. The van der Waals surface area contributed by atoms with Crippen molar-refractivity contribution in [2.75, 3.05) is 0 Å². The van der Waals surface area contributed by atoms with Crippen LogP contribution in [-0.4, -0.2) is 6.47 Å². The maximum Gasteiger partial charge on any atom is 0.293 e. The van der Waals surface area contributed by atoms with Gasteiger partial charge < -0.3 is 4.74 Å². The van der Waals surface area contributed by atoms with Crippen molar-refractivity contribution in [2.24, 2.45) is 10.8 Å². The van der Waals surface area contributed by atoms with Gasteiger partial charge in [0.2, 0.25) is 0 Å². The second-order valence-electron chi connectivity index (χ2n) is 8.59. The van der Waals surface area contributed by atoms with Crippen LogP contribution in [-0.2, 0) is 9.53 Å². The molecule has 1 atom stereocenters. The zero-order chi connectivity index (χ0) is 18.9. The van der Waals surface area contributed by atoms with E-state index in [4.69, 9.17) is 4.74 Å². The Hall–Kier alpha value is -2.35. The molecule has 0 saturated heterocycles. The topological polar surface area (TPSA) is 26.3 Å². The Morgan fingerprint density at radius 1 is 0.885 bits per heavy atom. The van der Waals surface area contributed by atoms with E-state index in [2.05, 4.69) is 58.0 Å². The molecule has 1 unspecified atom stereocenters. The van der Waals surface area contributed by atoms with Crippen LogP contribution in [0.1, 0.15) is 52.7 Å². The van der Waals surface area contributed by atoms with Gasteiger partial charge in [0, 0.05) is 0 Å². The number of carbonyl (C=O) groups excluding carboxylic acids is 1. The highest BCUT2D eigenvalue weighted by molar-refractivity contribution is 5.99. The van der Waals surface area contributed by atoms with E-state index in [1.807, 2.05) is 31.2 Å². The first-order valence-electron chi connectivity index (χ1n) is 9.26. The summed E-state index contributed by atoms with van der Waals surface area (Å²) in [6.45, 7) is 11.7. The lowest BCUT2D eigenvalue weighted by Gasteiger charge is -2.13. The fourth-order valence-electron chi connectivity index (χ4n) is 3.56. The van der Waals surface area contributed by atoms with Crippen molar-refractivity contribution < 1.29 is 9.53 Å². The van der Waals surface area contributed by atoms with Crippen LogP contribution < -0.4 is 0 Å². The van der Waals surface area contributed by atoms with Crippen molar-refractivity contribution in [3.63, 3.8) is 0 Å². The molecular weight excluding hydrogens is 320 g/mol. The molecule has 0 heterocycles. The molecule has 0 amide bonds. The molecule has 2 heteroatoms. The largest absolute Gasteiger partial charge is 0.460 e. The van der Waals surface area contributed by atoms with E-state index in [-0.39, 0.29) is 6.10 Å². The summed E-state index contributed by atoms with van der Waals surface area (Å²) < 4.78 is 5.07. The molecule has 1 aliphatic rings. The van der Waals surface area contributed by atoms with E-state index < -0.39 is 0 Å². The van der Waals surface area contributed by atoms with E-state index in [1.165, 1.54) is 17.2 Å². The number of benzene rings is 3. The SMILES string of the molecule is CC(OC=O)c1cccc2cc3ccccc3cc12.CC1(C)CC1(C)C. The van der Waals surface area contributed by atoms with Gasteiger partial charge in [0.05, 0.1) is 0 Å². The lowest BCUT2D eigenvalue weighted by Crippen LogP contribution is -1.98. The number of fused-ring (bicyclic) bond motifs is 2. The first kappa shape index (κ1) is 18.4. The fourth-order valence-corrected chi connectivity index (χ4v) is 3.56. The van der Waals surface area contributed by atoms with Crippen LogP contribution in [0.4, 0.5) is 0 Å². The molecule has 136 valence electrons. The Kier molecular flexibility index (Phi) is 4.79. The van der Waals surface area contributed by atoms with Crippen molar-refractivity contribution in [1.29, 1.82) is 0 Å². The van der Waals surface area contributed by atoms with E-state index in [0.29, 0.717) is 17.3 Å². The summed E-state index contributed by atoms with van der Waals surface area (Å²) in [5, 5.41) is 4.71. The van der Waals surface area contributed by atoms with Crippen LogP contribution >= 0.6 is 0 Å². The smallest absolute Gasteiger partial charge is 0.293 e. The summed E-state index contributed by atoms with van der Waals surface area (Å²) in [6.07, 6.45) is 1.17. The summed E-state index contributed by atoms with van der Waals surface area (Å²) in [5.74, 6) is 0. The quantitative estimate of drug-likeness (QED) is 0.390. The Bertz CT molecular complexity index is 925. The average Bonchev–Trinajstić information content (AvgIpc) is 3.07. The van der Waals surface area contributed by atoms with E-state index in [9.17, 15) is 4.79 Å². The first-order valence-corrected chi connectivity index (χ1v) is 9.26. The van der Waals surface area contributed by atoms with Gasteiger partial charge in [-0.2, -0.15) is 0 Å². The van der Waals surface area contributed by atoms with Gasteiger partial charge in [-0.05, 0) is 63.4 Å². The monoisotopic (exact) mass is 348 g/mol. The highest BCUT2D eigenvalue weighted by Crippen LogP contribution is 2.62. The highest BCUT2D eigenvalue weighted by atomic mass is 16.5. The molecule has 0 bridgehead atoms. The summed E-state index contributed by atoms with van der Waals surface area (Å²) in [6, 6.07) is 18.7. The molecule has 1 aliphatic carbocycles. The van der Waals surface area contributed by atoms with Gasteiger partial charge in [-0.3, -0.25) is 4.79 Å². The molecule has 2 nitrogen and oxygen atoms in total. The zero-order valence-corrected chi connectivity index (χ0v) is 16.4. The number of ether oxygens (including phenoxy) is 1. The number of rotatable bonds is 3. The van der Waals surface area contributed by atoms with Gasteiger partial charge in [0.15, 0.2) is 0 Å². The molecular formula is C24H28O2. The highest BCUT2D eigenvalue weighted by Gasteiger charge is 2.53.